The van der Waals surface area contributed by atoms with E-state index in [1.807, 2.05) is 0 Å². The summed E-state index contributed by atoms with van der Waals surface area (Å²) < 4.78 is 22.7. The van der Waals surface area contributed by atoms with E-state index in [2.05, 4.69) is 15.6 Å². The van der Waals surface area contributed by atoms with Gasteiger partial charge in [-0.25, -0.2) is 8.42 Å². The van der Waals surface area contributed by atoms with E-state index in [1.165, 1.54) is 25.7 Å². The summed E-state index contributed by atoms with van der Waals surface area (Å²) in [5.74, 6) is 1.71. The Morgan fingerprint density at radius 2 is 2.00 bits per heavy atom. The first-order valence-corrected chi connectivity index (χ1v) is 8.59. The van der Waals surface area contributed by atoms with E-state index < -0.39 is 9.84 Å². The molecule has 1 atom stereocenters. The Morgan fingerprint density at radius 3 is 2.56 bits per heavy atom. The third-order valence-electron chi connectivity index (χ3n) is 3.80. The number of sulfone groups is 1. The van der Waals surface area contributed by atoms with E-state index >= 15 is 0 Å². The molecule has 0 bridgehead atoms. The van der Waals surface area contributed by atoms with Crippen LogP contribution in [0.4, 0.5) is 0 Å². The third-order valence-corrected chi connectivity index (χ3v) is 5.64. The van der Waals surface area contributed by atoms with Crippen molar-refractivity contribution in [3.05, 3.63) is 0 Å². The fraction of sp³-hybridized carbons (Fsp3) is 0.917. The van der Waals surface area contributed by atoms with Crippen molar-refractivity contribution in [2.45, 2.75) is 38.1 Å². The number of nitrogens with one attached hydrogen (secondary N) is 2. The summed E-state index contributed by atoms with van der Waals surface area (Å²) in [4.78, 5) is 4.19. The molecule has 0 aromatic carbocycles. The van der Waals surface area contributed by atoms with Crippen molar-refractivity contribution in [3.63, 3.8) is 0 Å². The number of hydrogen-bond acceptors (Lipinski definition) is 3. The van der Waals surface area contributed by atoms with Crippen molar-refractivity contribution < 1.29 is 8.42 Å². The monoisotopic (exact) mass is 273 g/mol. The highest BCUT2D eigenvalue weighted by molar-refractivity contribution is 7.91. The molecule has 0 aromatic heterocycles. The molecule has 18 heavy (non-hydrogen) atoms. The first kappa shape index (κ1) is 13.6. The Morgan fingerprint density at radius 1 is 1.28 bits per heavy atom. The summed E-state index contributed by atoms with van der Waals surface area (Å²) in [6, 6.07) is 0.531. The minimum atomic E-state index is -2.77. The number of guanidine groups is 1. The molecule has 1 aliphatic heterocycles. The molecular formula is C12H23N3O2S. The Balaban J connectivity index is 1.74. The molecule has 1 saturated heterocycles. The third kappa shape index (κ3) is 3.86. The number of rotatable bonds is 3. The number of aliphatic imine (C=N–C) groups is 1. The van der Waals surface area contributed by atoms with Crippen LogP contribution in [-0.4, -0.2) is 45.5 Å². The predicted molar refractivity (Wildman–Crippen MR) is 73.5 cm³/mol. The van der Waals surface area contributed by atoms with Crippen LogP contribution in [0.25, 0.3) is 0 Å². The van der Waals surface area contributed by atoms with Crippen molar-refractivity contribution in [2.24, 2.45) is 10.9 Å². The van der Waals surface area contributed by atoms with Gasteiger partial charge < -0.3 is 10.6 Å². The van der Waals surface area contributed by atoms with E-state index in [-0.39, 0.29) is 5.92 Å². The van der Waals surface area contributed by atoms with Crippen LogP contribution < -0.4 is 10.6 Å². The zero-order valence-electron chi connectivity index (χ0n) is 11.0. The van der Waals surface area contributed by atoms with E-state index in [4.69, 9.17) is 0 Å². The Kier molecular flexibility index (Phi) is 4.48. The highest BCUT2D eigenvalue weighted by Gasteiger charge is 2.27. The quantitative estimate of drug-likeness (QED) is 0.581. The van der Waals surface area contributed by atoms with Gasteiger partial charge in [-0.15, -0.1) is 0 Å². The number of nitrogens with zero attached hydrogens (tertiary/aromatic N) is 1. The summed E-state index contributed by atoms with van der Waals surface area (Å²) in [7, 11) is -1.01. The molecule has 1 aliphatic carbocycles. The molecule has 2 N–H and O–H groups in total. The van der Waals surface area contributed by atoms with Gasteiger partial charge in [-0.05, 0) is 25.2 Å². The van der Waals surface area contributed by atoms with E-state index in [0.717, 1.165) is 12.4 Å². The number of hydrogen-bond donors (Lipinski definition) is 2. The fourth-order valence-corrected chi connectivity index (χ4v) is 4.59. The van der Waals surface area contributed by atoms with Crippen LogP contribution in [0.15, 0.2) is 4.99 Å². The van der Waals surface area contributed by atoms with Gasteiger partial charge in [0.15, 0.2) is 15.8 Å². The second kappa shape index (κ2) is 5.91. The maximum absolute atomic E-state index is 11.4. The van der Waals surface area contributed by atoms with Gasteiger partial charge in [-0.1, -0.05) is 12.8 Å². The van der Waals surface area contributed by atoms with Gasteiger partial charge in [0.1, 0.15) is 0 Å². The molecule has 2 aliphatic rings. The second-order valence-electron chi connectivity index (χ2n) is 5.35. The van der Waals surface area contributed by atoms with E-state index in [0.29, 0.717) is 24.1 Å². The van der Waals surface area contributed by atoms with Gasteiger partial charge in [-0.3, -0.25) is 4.99 Å². The molecule has 2 rings (SSSR count). The zero-order valence-corrected chi connectivity index (χ0v) is 11.8. The largest absolute Gasteiger partial charge is 0.356 e. The first-order valence-electron chi connectivity index (χ1n) is 6.76. The van der Waals surface area contributed by atoms with Gasteiger partial charge >= 0.3 is 0 Å². The summed E-state index contributed by atoms with van der Waals surface area (Å²) in [5.41, 5.74) is 0. The van der Waals surface area contributed by atoms with Crippen LogP contribution in [-0.2, 0) is 9.84 Å². The normalized spacial score (nSPS) is 28.5. The lowest BCUT2D eigenvalue weighted by molar-refractivity contribution is 0.554. The molecule has 0 radical (unpaired) electrons. The van der Waals surface area contributed by atoms with Crippen molar-refractivity contribution in [2.75, 3.05) is 25.1 Å². The van der Waals surface area contributed by atoms with Crippen LogP contribution >= 0.6 is 0 Å². The van der Waals surface area contributed by atoms with Gasteiger partial charge in [0.05, 0.1) is 11.5 Å². The molecule has 1 unspecified atom stereocenters. The molecule has 5 nitrogen and oxygen atoms in total. The van der Waals surface area contributed by atoms with Crippen molar-refractivity contribution in [1.82, 2.24) is 10.6 Å². The highest BCUT2D eigenvalue weighted by atomic mass is 32.2. The Hall–Kier alpha value is -0.780. The average Bonchev–Trinajstić information content (AvgIpc) is 2.94. The summed E-state index contributed by atoms with van der Waals surface area (Å²) in [6.45, 7) is 0.700. The predicted octanol–water partition coefficient (Wildman–Crippen LogP) is 0.529. The van der Waals surface area contributed by atoms with Crippen LogP contribution in [0.5, 0.6) is 0 Å². The van der Waals surface area contributed by atoms with Crippen LogP contribution in [0.1, 0.15) is 32.1 Å². The Bertz CT molecular complexity index is 400. The summed E-state index contributed by atoms with van der Waals surface area (Å²) in [5, 5.41) is 6.65. The summed E-state index contributed by atoms with van der Waals surface area (Å²) >= 11 is 0. The van der Waals surface area contributed by atoms with E-state index in [1.54, 1.807) is 7.05 Å². The maximum atomic E-state index is 11.4. The van der Waals surface area contributed by atoms with Crippen molar-refractivity contribution in [1.29, 1.82) is 0 Å². The minimum Gasteiger partial charge on any atom is -0.356 e. The van der Waals surface area contributed by atoms with Gasteiger partial charge in [0.25, 0.3) is 0 Å². The standard InChI is InChI=1S/C12H23N3O2S/c1-13-12(15-11-4-2-3-5-11)14-8-10-6-7-18(16,17)9-10/h10-11H,2-9H2,1H3,(H2,13,14,15). The molecule has 0 amide bonds. The lowest BCUT2D eigenvalue weighted by Gasteiger charge is -2.18. The van der Waals surface area contributed by atoms with Gasteiger partial charge in [-0.2, -0.15) is 0 Å². The molecule has 0 spiro atoms. The Labute approximate surface area is 109 Å². The SMILES string of the molecule is CN=C(NCC1CCS(=O)(=O)C1)NC1CCCC1. The lowest BCUT2D eigenvalue weighted by Crippen LogP contribution is -2.44. The topological polar surface area (TPSA) is 70.6 Å². The smallest absolute Gasteiger partial charge is 0.191 e. The molecule has 0 aromatic rings. The fourth-order valence-electron chi connectivity index (χ4n) is 2.73. The molecule has 6 heteroatoms. The zero-order chi connectivity index (χ0) is 13.0. The molecular weight excluding hydrogens is 250 g/mol. The first-order chi connectivity index (χ1) is 8.59. The van der Waals surface area contributed by atoms with Crippen molar-refractivity contribution >= 4 is 15.8 Å². The lowest BCUT2D eigenvalue weighted by atomic mass is 10.1. The minimum absolute atomic E-state index is 0.233. The van der Waals surface area contributed by atoms with Crippen LogP contribution in [0.3, 0.4) is 0 Å². The molecule has 1 heterocycles. The average molecular weight is 273 g/mol. The van der Waals surface area contributed by atoms with Crippen LogP contribution in [0, 0.1) is 5.92 Å². The van der Waals surface area contributed by atoms with Crippen LogP contribution in [0.2, 0.25) is 0 Å². The highest BCUT2D eigenvalue weighted by Crippen LogP contribution is 2.18. The molecule has 1 saturated carbocycles. The molecule has 104 valence electrons. The molecule has 2 fully saturated rings. The van der Waals surface area contributed by atoms with E-state index in [9.17, 15) is 8.42 Å². The van der Waals surface area contributed by atoms with Crippen molar-refractivity contribution in [3.8, 4) is 0 Å². The second-order valence-corrected chi connectivity index (χ2v) is 7.58. The van der Waals surface area contributed by atoms with Gasteiger partial charge in [0, 0.05) is 19.6 Å². The summed E-state index contributed by atoms with van der Waals surface area (Å²) in [6.07, 6.45) is 5.76. The van der Waals surface area contributed by atoms with Gasteiger partial charge in [0.2, 0.25) is 0 Å². The maximum Gasteiger partial charge on any atom is 0.191 e.